The molecule has 0 bridgehead atoms. The number of aromatic nitrogens is 1. The maximum Gasteiger partial charge on any atom is 0.407 e. The van der Waals surface area contributed by atoms with E-state index in [4.69, 9.17) is 9.47 Å². The zero-order chi connectivity index (χ0) is 28.4. The van der Waals surface area contributed by atoms with Gasteiger partial charge >= 0.3 is 6.09 Å². The molecular weight excluding hydrogens is 517 g/mol. The summed E-state index contributed by atoms with van der Waals surface area (Å²) in [5.74, 6) is 0.0535. The van der Waals surface area contributed by atoms with Crippen molar-refractivity contribution < 1.29 is 28.6 Å². The van der Waals surface area contributed by atoms with Crippen molar-refractivity contribution in [2.24, 2.45) is 0 Å². The number of carbonyl (C=O) groups is 2. The number of hydrogen-bond acceptors (Lipinski definition) is 7. The van der Waals surface area contributed by atoms with E-state index in [1.165, 1.54) is 17.0 Å². The first-order chi connectivity index (χ1) is 19.2. The third kappa shape index (κ3) is 6.54. The molecule has 10 nitrogen and oxygen atoms in total. The summed E-state index contributed by atoms with van der Waals surface area (Å²) >= 11 is 0. The molecule has 0 radical (unpaired) electrons. The van der Waals surface area contributed by atoms with Gasteiger partial charge < -0.3 is 24.4 Å². The van der Waals surface area contributed by atoms with E-state index in [0.29, 0.717) is 50.8 Å². The van der Waals surface area contributed by atoms with Crippen molar-refractivity contribution in [3.63, 3.8) is 0 Å². The first-order valence-corrected chi connectivity index (χ1v) is 13.9. The van der Waals surface area contributed by atoms with E-state index in [2.05, 4.69) is 14.8 Å². The van der Waals surface area contributed by atoms with Crippen LogP contribution in [0.15, 0.2) is 36.5 Å². The molecule has 11 heteroatoms. The van der Waals surface area contributed by atoms with Gasteiger partial charge in [-0.3, -0.25) is 14.6 Å². The molecule has 2 fully saturated rings. The largest absolute Gasteiger partial charge is 0.471 e. The molecule has 0 saturated carbocycles. The zero-order valence-corrected chi connectivity index (χ0v) is 23.3. The minimum atomic E-state index is -0.936. The van der Waals surface area contributed by atoms with Crippen molar-refractivity contribution in [3.05, 3.63) is 53.5 Å². The van der Waals surface area contributed by atoms with Crippen LogP contribution >= 0.6 is 0 Å². The molecule has 3 aliphatic rings. The average Bonchev–Trinajstić information content (AvgIpc) is 2.91. The SMILES string of the molecule is CC1CN(C(=O)CN2C[C@@H](C)N(C(=O)O)C[C@@H]2CN2CCO[C@H](C)C2)c2cc(Cc3ccc(F)cc3)cnc2O1. The van der Waals surface area contributed by atoms with Crippen molar-refractivity contribution in [2.75, 3.05) is 57.3 Å². The third-order valence-corrected chi connectivity index (χ3v) is 7.89. The molecule has 1 N–H and O–H groups in total. The molecule has 5 rings (SSSR count). The number of fused-ring (bicyclic) bond motifs is 1. The molecule has 4 atom stereocenters. The third-order valence-electron chi connectivity index (χ3n) is 7.89. The Bertz CT molecular complexity index is 1210. The molecule has 1 aromatic carbocycles. The highest BCUT2D eigenvalue weighted by Gasteiger charge is 2.38. The number of morpholine rings is 1. The number of benzene rings is 1. The van der Waals surface area contributed by atoms with Crippen molar-refractivity contribution in [3.8, 4) is 5.88 Å². The zero-order valence-electron chi connectivity index (χ0n) is 23.3. The van der Waals surface area contributed by atoms with Crippen LogP contribution in [0.2, 0.25) is 0 Å². The Morgan fingerprint density at radius 3 is 2.55 bits per heavy atom. The number of anilines is 1. The second-order valence-electron chi connectivity index (χ2n) is 11.2. The molecule has 2 saturated heterocycles. The van der Waals surface area contributed by atoms with Gasteiger partial charge in [0.05, 0.1) is 25.8 Å². The molecule has 2 aromatic rings. The van der Waals surface area contributed by atoms with Gasteiger partial charge in [-0.1, -0.05) is 12.1 Å². The van der Waals surface area contributed by atoms with Crippen LogP contribution in [0.25, 0.3) is 0 Å². The van der Waals surface area contributed by atoms with Crippen LogP contribution in [0.3, 0.4) is 0 Å². The van der Waals surface area contributed by atoms with Gasteiger partial charge in [0.25, 0.3) is 0 Å². The fourth-order valence-corrected chi connectivity index (χ4v) is 5.88. The highest BCUT2D eigenvalue weighted by molar-refractivity contribution is 5.96. The fraction of sp³-hybridized carbons (Fsp3) is 0.552. The normalized spacial score (nSPS) is 25.8. The topological polar surface area (TPSA) is 98.7 Å². The summed E-state index contributed by atoms with van der Waals surface area (Å²) in [5, 5.41) is 9.79. The van der Waals surface area contributed by atoms with Gasteiger partial charge in [0.1, 0.15) is 17.6 Å². The van der Waals surface area contributed by atoms with Crippen LogP contribution in [0.5, 0.6) is 5.88 Å². The van der Waals surface area contributed by atoms with Crippen molar-refractivity contribution >= 4 is 17.7 Å². The minimum Gasteiger partial charge on any atom is -0.471 e. The van der Waals surface area contributed by atoms with Gasteiger partial charge in [-0.25, -0.2) is 14.2 Å². The average molecular weight is 556 g/mol. The van der Waals surface area contributed by atoms with Crippen molar-refractivity contribution in [1.82, 2.24) is 19.7 Å². The minimum absolute atomic E-state index is 0.0755. The molecule has 3 aliphatic heterocycles. The molecule has 0 spiro atoms. The van der Waals surface area contributed by atoms with Crippen LogP contribution in [0, 0.1) is 5.82 Å². The Morgan fingerprint density at radius 2 is 1.82 bits per heavy atom. The summed E-state index contributed by atoms with van der Waals surface area (Å²) in [6.45, 7) is 10.1. The van der Waals surface area contributed by atoms with Gasteiger partial charge in [-0.2, -0.15) is 0 Å². The van der Waals surface area contributed by atoms with E-state index in [1.54, 1.807) is 23.2 Å². The van der Waals surface area contributed by atoms with Gasteiger partial charge in [0, 0.05) is 51.0 Å². The Morgan fingerprint density at radius 1 is 1.05 bits per heavy atom. The van der Waals surface area contributed by atoms with Crippen molar-refractivity contribution in [1.29, 1.82) is 0 Å². The number of amides is 2. The maximum absolute atomic E-state index is 13.9. The molecule has 216 valence electrons. The molecule has 2 amide bonds. The molecule has 4 heterocycles. The number of carboxylic acid groups (broad SMARTS) is 1. The number of nitrogens with zero attached hydrogens (tertiary/aromatic N) is 5. The van der Waals surface area contributed by atoms with Crippen molar-refractivity contribution in [2.45, 2.75) is 51.5 Å². The molecule has 40 heavy (non-hydrogen) atoms. The lowest BCUT2D eigenvalue weighted by Gasteiger charge is -2.46. The summed E-state index contributed by atoms with van der Waals surface area (Å²) in [6.07, 6.45) is 1.24. The van der Waals surface area contributed by atoms with Gasteiger partial charge in [0.15, 0.2) is 0 Å². The Hall–Kier alpha value is -3.28. The second-order valence-corrected chi connectivity index (χ2v) is 11.2. The van der Waals surface area contributed by atoms with E-state index >= 15 is 0 Å². The smallest absolute Gasteiger partial charge is 0.407 e. The predicted molar refractivity (Wildman–Crippen MR) is 147 cm³/mol. The second kappa shape index (κ2) is 12.1. The Labute approximate surface area is 234 Å². The maximum atomic E-state index is 13.9. The lowest BCUT2D eigenvalue weighted by molar-refractivity contribution is -0.122. The number of ether oxygens (including phenoxy) is 2. The lowest BCUT2D eigenvalue weighted by Crippen LogP contribution is -2.63. The van der Waals surface area contributed by atoms with Crippen LogP contribution in [0.4, 0.5) is 14.9 Å². The van der Waals surface area contributed by atoms with Gasteiger partial charge in [-0.15, -0.1) is 0 Å². The first kappa shape index (κ1) is 28.3. The molecule has 1 unspecified atom stereocenters. The van der Waals surface area contributed by atoms with Gasteiger partial charge in [-0.05, 0) is 56.5 Å². The van der Waals surface area contributed by atoms with Crippen LogP contribution in [-0.4, -0.2) is 114 Å². The van der Waals surface area contributed by atoms with Crippen LogP contribution in [0.1, 0.15) is 31.9 Å². The van der Waals surface area contributed by atoms with E-state index in [1.807, 2.05) is 26.8 Å². The van der Waals surface area contributed by atoms with E-state index in [-0.39, 0.29) is 42.6 Å². The lowest BCUT2D eigenvalue weighted by atomic mass is 10.0. The summed E-state index contributed by atoms with van der Waals surface area (Å²) in [4.78, 5) is 38.0. The van der Waals surface area contributed by atoms with E-state index in [0.717, 1.165) is 24.2 Å². The highest BCUT2D eigenvalue weighted by Crippen LogP contribution is 2.33. The number of pyridine rings is 1. The molecule has 0 aliphatic carbocycles. The molecular formula is C29H38FN5O5. The summed E-state index contributed by atoms with van der Waals surface area (Å²) in [5.41, 5.74) is 2.46. The van der Waals surface area contributed by atoms with E-state index < -0.39 is 6.09 Å². The number of carbonyl (C=O) groups excluding carboxylic acids is 1. The molecule has 1 aromatic heterocycles. The fourth-order valence-electron chi connectivity index (χ4n) is 5.88. The number of halogens is 1. The summed E-state index contributed by atoms with van der Waals surface area (Å²) in [6, 6.07) is 7.91. The van der Waals surface area contributed by atoms with E-state index in [9.17, 15) is 19.1 Å². The van der Waals surface area contributed by atoms with Gasteiger partial charge in [0.2, 0.25) is 11.8 Å². The van der Waals surface area contributed by atoms with Crippen LogP contribution in [-0.2, 0) is 16.0 Å². The predicted octanol–water partition coefficient (Wildman–Crippen LogP) is 2.70. The monoisotopic (exact) mass is 555 g/mol. The highest BCUT2D eigenvalue weighted by atomic mass is 19.1. The number of rotatable bonds is 6. The number of hydrogen-bond donors (Lipinski definition) is 1. The Kier molecular flexibility index (Phi) is 8.53. The standard InChI is InChI=1S/C29H38FN5O5/c1-19-13-33(25(17-34(19)29(37)38)16-32-8-9-39-20(2)14-32)18-27(36)35-15-21(3)40-28-26(35)11-23(12-31-28)10-22-4-6-24(30)7-5-22/h4-7,11-12,19-21,25H,8-10,13-18H2,1-3H3,(H,37,38)/t19-,20-,21?,25+/m1/s1. The van der Waals surface area contributed by atoms with Crippen LogP contribution < -0.4 is 9.64 Å². The number of piperazine rings is 1. The Balaban J connectivity index is 1.34. The first-order valence-electron chi connectivity index (χ1n) is 13.9. The summed E-state index contributed by atoms with van der Waals surface area (Å²) < 4.78 is 25.0. The quantitative estimate of drug-likeness (QED) is 0.581. The summed E-state index contributed by atoms with van der Waals surface area (Å²) in [7, 11) is 0.